The van der Waals surface area contributed by atoms with Gasteiger partial charge in [0.05, 0.1) is 16.1 Å². The molecule has 2 N–H and O–H groups in total. The first-order valence-electron chi connectivity index (χ1n) is 5.84. The predicted octanol–water partition coefficient (Wildman–Crippen LogP) is 4.02. The van der Waals surface area contributed by atoms with Crippen LogP contribution in [0.5, 0.6) is 0 Å². The molecular formula is C13H17ClFN3. The summed E-state index contributed by atoms with van der Waals surface area (Å²) in [5.74, 6) is -0.0914. The molecule has 0 aliphatic carbocycles. The molecule has 1 aromatic heterocycles. The lowest BCUT2D eigenvalue weighted by Gasteiger charge is -2.29. The lowest BCUT2D eigenvalue weighted by Crippen LogP contribution is -2.22. The number of hydrogen-bond acceptors (Lipinski definition) is 2. The Morgan fingerprint density at radius 2 is 2.00 bits per heavy atom. The highest BCUT2D eigenvalue weighted by atomic mass is 35.5. The lowest BCUT2D eigenvalue weighted by molar-refractivity contribution is 0.270. The summed E-state index contributed by atoms with van der Waals surface area (Å²) >= 11 is 5.83. The van der Waals surface area contributed by atoms with Crippen LogP contribution in [0, 0.1) is 11.2 Å². The summed E-state index contributed by atoms with van der Waals surface area (Å²) < 4.78 is 15.3. The van der Waals surface area contributed by atoms with Crippen LogP contribution in [0.1, 0.15) is 33.7 Å². The Labute approximate surface area is 111 Å². The molecule has 2 rings (SSSR count). The highest BCUT2D eigenvalue weighted by Gasteiger charge is 2.25. The summed E-state index contributed by atoms with van der Waals surface area (Å²) in [5, 5.41) is 0.0877. The summed E-state index contributed by atoms with van der Waals surface area (Å²) in [6, 6.07) is 3.03. The minimum Gasteiger partial charge on any atom is -0.369 e. The predicted molar refractivity (Wildman–Crippen MR) is 73.3 cm³/mol. The van der Waals surface area contributed by atoms with Gasteiger partial charge in [-0.05, 0) is 18.4 Å². The summed E-state index contributed by atoms with van der Waals surface area (Å²) in [5.41, 5.74) is 7.25. The van der Waals surface area contributed by atoms with Gasteiger partial charge in [0, 0.05) is 12.1 Å². The van der Waals surface area contributed by atoms with Crippen molar-refractivity contribution in [3.05, 3.63) is 23.0 Å². The highest BCUT2D eigenvalue weighted by Crippen LogP contribution is 2.35. The maximum atomic E-state index is 13.4. The Hall–Kier alpha value is -1.29. The molecule has 0 aliphatic rings. The fraction of sp³-hybridized carbons (Fsp3) is 0.462. The Bertz CT molecular complexity index is 598. The second kappa shape index (κ2) is 4.12. The van der Waals surface area contributed by atoms with Crippen LogP contribution in [0.2, 0.25) is 5.02 Å². The van der Waals surface area contributed by atoms with E-state index in [9.17, 15) is 4.39 Å². The van der Waals surface area contributed by atoms with E-state index in [4.69, 9.17) is 17.3 Å². The zero-order valence-electron chi connectivity index (χ0n) is 11.0. The average molecular weight is 270 g/mol. The minimum absolute atomic E-state index is 0.0165. The van der Waals surface area contributed by atoms with Crippen LogP contribution >= 0.6 is 11.6 Å². The van der Waals surface area contributed by atoms with Gasteiger partial charge in [-0.3, -0.25) is 0 Å². The molecule has 1 unspecified atom stereocenters. The van der Waals surface area contributed by atoms with Crippen LogP contribution in [-0.4, -0.2) is 9.55 Å². The monoisotopic (exact) mass is 269 g/mol. The second-order valence-corrected chi connectivity index (χ2v) is 6.04. The third-order valence-electron chi connectivity index (χ3n) is 3.40. The minimum atomic E-state index is -0.475. The fourth-order valence-corrected chi connectivity index (χ4v) is 2.06. The SMILES string of the molecule is CC(n1c(N)nc2cc(F)c(Cl)cc21)C(C)(C)C. The molecule has 0 saturated carbocycles. The molecule has 5 heteroatoms. The highest BCUT2D eigenvalue weighted by molar-refractivity contribution is 6.31. The van der Waals surface area contributed by atoms with Crippen molar-refractivity contribution in [2.45, 2.75) is 33.7 Å². The summed E-state index contributed by atoms with van der Waals surface area (Å²) in [4.78, 5) is 4.19. The number of nitrogens with zero attached hydrogens (tertiary/aromatic N) is 2. The van der Waals surface area contributed by atoms with Crippen LogP contribution in [0.25, 0.3) is 11.0 Å². The molecule has 1 aromatic carbocycles. The second-order valence-electron chi connectivity index (χ2n) is 5.64. The number of aromatic nitrogens is 2. The Morgan fingerprint density at radius 3 is 2.56 bits per heavy atom. The Balaban J connectivity index is 2.71. The van der Waals surface area contributed by atoms with E-state index in [0.717, 1.165) is 5.52 Å². The number of imidazole rings is 1. The molecule has 18 heavy (non-hydrogen) atoms. The number of fused-ring (bicyclic) bond motifs is 1. The molecule has 0 aliphatic heterocycles. The molecule has 1 heterocycles. The summed E-state index contributed by atoms with van der Waals surface area (Å²) in [6.45, 7) is 8.42. The van der Waals surface area contributed by atoms with Crippen molar-refractivity contribution < 1.29 is 4.39 Å². The Morgan fingerprint density at radius 1 is 1.39 bits per heavy atom. The molecular weight excluding hydrogens is 253 g/mol. The van der Waals surface area contributed by atoms with Gasteiger partial charge in [0.15, 0.2) is 0 Å². The van der Waals surface area contributed by atoms with Crippen molar-refractivity contribution in [3.63, 3.8) is 0 Å². The van der Waals surface area contributed by atoms with Crippen molar-refractivity contribution in [1.29, 1.82) is 0 Å². The molecule has 0 fully saturated rings. The van der Waals surface area contributed by atoms with E-state index >= 15 is 0 Å². The van der Waals surface area contributed by atoms with E-state index in [2.05, 4.69) is 32.7 Å². The van der Waals surface area contributed by atoms with Gasteiger partial charge in [-0.1, -0.05) is 32.4 Å². The van der Waals surface area contributed by atoms with Gasteiger partial charge in [0.25, 0.3) is 0 Å². The van der Waals surface area contributed by atoms with Gasteiger partial charge in [-0.25, -0.2) is 9.37 Å². The van der Waals surface area contributed by atoms with E-state index < -0.39 is 5.82 Å². The van der Waals surface area contributed by atoms with Crippen LogP contribution in [-0.2, 0) is 0 Å². The summed E-state index contributed by atoms with van der Waals surface area (Å²) in [7, 11) is 0. The van der Waals surface area contributed by atoms with Crippen molar-refractivity contribution in [1.82, 2.24) is 9.55 Å². The van der Waals surface area contributed by atoms with Gasteiger partial charge in [-0.15, -0.1) is 0 Å². The zero-order valence-corrected chi connectivity index (χ0v) is 11.7. The quantitative estimate of drug-likeness (QED) is 0.850. The first-order chi connectivity index (χ1) is 8.21. The largest absolute Gasteiger partial charge is 0.369 e. The van der Waals surface area contributed by atoms with E-state index in [1.54, 1.807) is 6.07 Å². The van der Waals surface area contributed by atoms with Gasteiger partial charge in [-0.2, -0.15) is 0 Å². The van der Waals surface area contributed by atoms with Crippen LogP contribution in [0.3, 0.4) is 0 Å². The molecule has 0 bridgehead atoms. The van der Waals surface area contributed by atoms with E-state index in [1.165, 1.54) is 6.07 Å². The zero-order chi connectivity index (χ0) is 13.7. The number of anilines is 1. The third-order valence-corrected chi connectivity index (χ3v) is 3.69. The molecule has 0 amide bonds. The van der Waals surface area contributed by atoms with Gasteiger partial charge >= 0.3 is 0 Å². The molecule has 2 aromatic rings. The maximum absolute atomic E-state index is 13.4. The molecule has 0 spiro atoms. The van der Waals surface area contributed by atoms with Gasteiger partial charge in [0.1, 0.15) is 5.82 Å². The number of nitrogens with two attached hydrogens (primary N) is 1. The average Bonchev–Trinajstić information content (AvgIpc) is 2.52. The van der Waals surface area contributed by atoms with Crippen molar-refractivity contribution in [2.24, 2.45) is 5.41 Å². The van der Waals surface area contributed by atoms with Crippen molar-refractivity contribution in [2.75, 3.05) is 5.73 Å². The van der Waals surface area contributed by atoms with Crippen LogP contribution in [0.15, 0.2) is 12.1 Å². The lowest BCUT2D eigenvalue weighted by atomic mass is 9.88. The number of rotatable bonds is 1. The van der Waals surface area contributed by atoms with Gasteiger partial charge < -0.3 is 10.3 Å². The smallest absolute Gasteiger partial charge is 0.201 e. The van der Waals surface area contributed by atoms with E-state index in [1.807, 2.05) is 4.57 Å². The summed E-state index contributed by atoms with van der Waals surface area (Å²) in [6.07, 6.45) is 0. The number of nitrogen functional groups attached to an aromatic ring is 1. The third kappa shape index (κ3) is 2.05. The van der Waals surface area contributed by atoms with Crippen molar-refractivity contribution >= 4 is 28.6 Å². The number of halogens is 2. The number of hydrogen-bond donors (Lipinski definition) is 1. The number of benzene rings is 1. The molecule has 3 nitrogen and oxygen atoms in total. The topological polar surface area (TPSA) is 43.8 Å². The molecule has 0 radical (unpaired) electrons. The van der Waals surface area contributed by atoms with Crippen molar-refractivity contribution in [3.8, 4) is 0 Å². The first kappa shape index (κ1) is 13.1. The van der Waals surface area contributed by atoms with Crippen LogP contribution < -0.4 is 5.73 Å². The molecule has 98 valence electrons. The molecule has 1 atom stereocenters. The standard InChI is InChI=1S/C13H17ClFN3/c1-7(13(2,3)4)18-11-5-8(14)9(15)6-10(11)17-12(18)16/h5-7H,1-4H3,(H2,16,17). The van der Waals surface area contributed by atoms with E-state index in [-0.39, 0.29) is 16.5 Å². The Kier molecular flexibility index (Phi) is 3.01. The fourth-order valence-electron chi connectivity index (χ4n) is 1.90. The molecule has 0 saturated heterocycles. The normalized spacial score (nSPS) is 14.1. The van der Waals surface area contributed by atoms with Crippen LogP contribution in [0.4, 0.5) is 10.3 Å². The van der Waals surface area contributed by atoms with Gasteiger partial charge in [0.2, 0.25) is 5.95 Å². The van der Waals surface area contributed by atoms with E-state index in [0.29, 0.717) is 11.5 Å². The maximum Gasteiger partial charge on any atom is 0.201 e. The first-order valence-corrected chi connectivity index (χ1v) is 6.22.